The summed E-state index contributed by atoms with van der Waals surface area (Å²) in [6.45, 7) is 0.216. The van der Waals surface area contributed by atoms with E-state index < -0.39 is 0 Å². The lowest BCUT2D eigenvalue weighted by molar-refractivity contribution is 0.428. The van der Waals surface area contributed by atoms with Crippen LogP contribution in [0.1, 0.15) is 5.56 Å². The molecule has 0 aliphatic rings. The van der Waals surface area contributed by atoms with E-state index in [4.69, 9.17) is 0 Å². The van der Waals surface area contributed by atoms with Crippen molar-refractivity contribution in [1.82, 2.24) is 19.3 Å². The molecule has 0 saturated heterocycles. The van der Waals surface area contributed by atoms with Crippen molar-refractivity contribution in [1.29, 1.82) is 0 Å². The van der Waals surface area contributed by atoms with Crippen LogP contribution in [-0.4, -0.2) is 24.4 Å². The maximum absolute atomic E-state index is 14.5. The number of nitrogens with zero attached hydrogens (tertiary/aromatic N) is 4. The molecule has 0 bridgehead atoms. The number of hydrogen-bond donors (Lipinski definition) is 1. The molecule has 3 heterocycles. The summed E-state index contributed by atoms with van der Waals surface area (Å²) in [6.07, 6.45) is 5.36. The zero-order valence-electron chi connectivity index (χ0n) is 15.2. The van der Waals surface area contributed by atoms with Crippen LogP contribution >= 0.6 is 0 Å². The van der Waals surface area contributed by atoms with Crippen molar-refractivity contribution in [2.24, 2.45) is 7.05 Å². The highest BCUT2D eigenvalue weighted by Gasteiger charge is 2.12. The summed E-state index contributed by atoms with van der Waals surface area (Å²) in [6, 6.07) is 14.6. The molecule has 5 aromatic rings. The van der Waals surface area contributed by atoms with Gasteiger partial charge >= 0.3 is 0 Å². The number of rotatable bonds is 3. The zero-order chi connectivity index (χ0) is 19.3. The highest BCUT2D eigenvalue weighted by molar-refractivity contribution is 5.85. The van der Waals surface area contributed by atoms with E-state index in [1.807, 2.05) is 37.5 Å². The molecule has 0 radical (unpaired) electrons. The highest BCUT2D eigenvalue weighted by Crippen LogP contribution is 2.29. The molecule has 0 atom stereocenters. The van der Waals surface area contributed by atoms with E-state index in [0.29, 0.717) is 16.5 Å². The van der Waals surface area contributed by atoms with Gasteiger partial charge in [-0.05, 0) is 41.5 Å². The van der Waals surface area contributed by atoms with Crippen LogP contribution in [-0.2, 0) is 13.6 Å². The standard InChI is InChI=1S/C22H17FN4O/c1-26-11-16-5-4-15(10-20(16)25-26)14-6-7-19(23)17(9-14)12-27-13-21-18(22(27)28)3-2-8-24-21/h2-11,13,28H,12H2,1H3. The Bertz CT molecular complexity index is 1340. The maximum atomic E-state index is 14.5. The van der Waals surface area contributed by atoms with Crippen molar-refractivity contribution in [3.63, 3.8) is 0 Å². The van der Waals surface area contributed by atoms with Gasteiger partial charge in [-0.1, -0.05) is 18.2 Å². The molecule has 28 heavy (non-hydrogen) atoms. The van der Waals surface area contributed by atoms with Crippen molar-refractivity contribution in [3.8, 4) is 17.0 Å². The van der Waals surface area contributed by atoms with Gasteiger partial charge in [0.1, 0.15) is 5.82 Å². The van der Waals surface area contributed by atoms with Gasteiger partial charge in [0.05, 0.1) is 23.0 Å². The quantitative estimate of drug-likeness (QED) is 0.508. The molecule has 0 unspecified atom stereocenters. The normalized spacial score (nSPS) is 11.5. The predicted octanol–water partition coefficient (Wildman–Crippen LogP) is 4.48. The Kier molecular flexibility index (Phi) is 3.65. The Hall–Kier alpha value is -3.67. The van der Waals surface area contributed by atoms with Crippen LogP contribution < -0.4 is 0 Å². The first-order chi connectivity index (χ1) is 13.6. The number of fused-ring (bicyclic) bond motifs is 2. The number of aromatic nitrogens is 4. The van der Waals surface area contributed by atoms with Gasteiger partial charge in [-0.25, -0.2) is 4.39 Å². The number of aromatic hydroxyl groups is 1. The minimum Gasteiger partial charge on any atom is -0.494 e. The first kappa shape index (κ1) is 16.5. The Balaban J connectivity index is 1.55. The first-order valence-electron chi connectivity index (χ1n) is 8.93. The van der Waals surface area contributed by atoms with E-state index in [9.17, 15) is 9.50 Å². The summed E-state index contributed by atoms with van der Waals surface area (Å²) < 4.78 is 17.9. The molecule has 0 spiro atoms. The fourth-order valence-electron chi connectivity index (χ4n) is 3.57. The van der Waals surface area contributed by atoms with Gasteiger partial charge in [0.2, 0.25) is 5.88 Å². The van der Waals surface area contributed by atoms with Crippen molar-refractivity contribution in [3.05, 3.63) is 78.5 Å². The molecular formula is C22H17FN4O. The van der Waals surface area contributed by atoms with Crippen molar-refractivity contribution in [2.45, 2.75) is 6.54 Å². The molecule has 5 nitrogen and oxygen atoms in total. The summed E-state index contributed by atoms with van der Waals surface area (Å²) >= 11 is 0. The second kappa shape index (κ2) is 6.20. The number of pyridine rings is 1. The van der Waals surface area contributed by atoms with Gasteiger partial charge in [-0.3, -0.25) is 9.67 Å². The molecule has 1 N–H and O–H groups in total. The third kappa shape index (κ3) is 2.70. The Labute approximate surface area is 160 Å². The molecule has 0 amide bonds. The number of aryl methyl sites for hydroxylation is 1. The molecule has 138 valence electrons. The molecule has 0 aliphatic carbocycles. The fourth-order valence-corrected chi connectivity index (χ4v) is 3.57. The lowest BCUT2D eigenvalue weighted by Gasteiger charge is -2.09. The average Bonchev–Trinajstić information content (AvgIpc) is 3.22. The SMILES string of the molecule is Cn1cc2ccc(-c3ccc(F)c(Cn4cc5ncccc5c4O)c3)cc2n1. The molecule has 6 heteroatoms. The van der Waals surface area contributed by atoms with Crippen molar-refractivity contribution >= 4 is 21.8 Å². The van der Waals surface area contributed by atoms with E-state index in [-0.39, 0.29) is 18.2 Å². The van der Waals surface area contributed by atoms with Crippen LogP contribution in [0, 0.1) is 5.82 Å². The fraction of sp³-hybridized carbons (Fsp3) is 0.0909. The molecule has 2 aromatic carbocycles. The molecule has 0 fully saturated rings. The second-order valence-electron chi connectivity index (χ2n) is 6.90. The first-order valence-corrected chi connectivity index (χ1v) is 8.93. The van der Waals surface area contributed by atoms with Crippen LogP contribution in [0.5, 0.6) is 5.88 Å². The van der Waals surface area contributed by atoms with Gasteiger partial charge in [-0.2, -0.15) is 5.10 Å². The van der Waals surface area contributed by atoms with Gasteiger partial charge in [-0.15, -0.1) is 0 Å². The van der Waals surface area contributed by atoms with Crippen LogP contribution in [0.4, 0.5) is 4.39 Å². The summed E-state index contributed by atoms with van der Waals surface area (Å²) in [7, 11) is 1.89. The monoisotopic (exact) mass is 372 g/mol. The summed E-state index contributed by atoms with van der Waals surface area (Å²) in [4.78, 5) is 4.24. The minimum atomic E-state index is -0.312. The minimum absolute atomic E-state index is 0.0859. The smallest absolute Gasteiger partial charge is 0.201 e. The topological polar surface area (TPSA) is 55.9 Å². The van der Waals surface area contributed by atoms with E-state index in [0.717, 1.165) is 22.0 Å². The van der Waals surface area contributed by atoms with Gasteiger partial charge < -0.3 is 9.67 Å². The predicted molar refractivity (Wildman–Crippen MR) is 107 cm³/mol. The van der Waals surface area contributed by atoms with Crippen molar-refractivity contribution in [2.75, 3.05) is 0 Å². The van der Waals surface area contributed by atoms with E-state index in [1.54, 1.807) is 39.8 Å². The Morgan fingerprint density at radius 3 is 2.68 bits per heavy atom. The Morgan fingerprint density at radius 2 is 1.82 bits per heavy atom. The second-order valence-corrected chi connectivity index (χ2v) is 6.90. The summed E-state index contributed by atoms with van der Waals surface area (Å²) in [5.41, 5.74) is 3.94. The molecular weight excluding hydrogens is 355 g/mol. The molecule has 5 rings (SSSR count). The van der Waals surface area contributed by atoms with Crippen LogP contribution in [0.2, 0.25) is 0 Å². The third-order valence-electron chi connectivity index (χ3n) is 4.97. The molecule has 3 aromatic heterocycles. The highest BCUT2D eigenvalue weighted by atomic mass is 19.1. The lowest BCUT2D eigenvalue weighted by atomic mass is 10.0. The largest absolute Gasteiger partial charge is 0.494 e. The number of hydrogen-bond acceptors (Lipinski definition) is 3. The van der Waals surface area contributed by atoms with E-state index in [1.165, 1.54) is 6.07 Å². The van der Waals surface area contributed by atoms with Crippen LogP contribution in [0.25, 0.3) is 32.9 Å². The average molecular weight is 372 g/mol. The number of halogens is 1. The molecule has 0 aliphatic heterocycles. The lowest BCUT2D eigenvalue weighted by Crippen LogP contribution is -2.00. The maximum Gasteiger partial charge on any atom is 0.201 e. The summed E-state index contributed by atoms with van der Waals surface area (Å²) in [5, 5.41) is 16.6. The van der Waals surface area contributed by atoms with Crippen molar-refractivity contribution < 1.29 is 9.50 Å². The molecule has 0 saturated carbocycles. The van der Waals surface area contributed by atoms with Gasteiger partial charge in [0.15, 0.2) is 0 Å². The third-order valence-corrected chi connectivity index (χ3v) is 4.97. The van der Waals surface area contributed by atoms with E-state index >= 15 is 0 Å². The number of benzene rings is 2. The van der Waals surface area contributed by atoms with Crippen LogP contribution in [0.3, 0.4) is 0 Å². The van der Waals surface area contributed by atoms with Crippen LogP contribution in [0.15, 0.2) is 67.1 Å². The van der Waals surface area contributed by atoms with E-state index in [2.05, 4.69) is 10.1 Å². The van der Waals surface area contributed by atoms with Gasteiger partial charge in [0, 0.05) is 36.6 Å². The zero-order valence-corrected chi connectivity index (χ0v) is 15.2. The Morgan fingerprint density at radius 1 is 1.00 bits per heavy atom. The summed E-state index contributed by atoms with van der Waals surface area (Å²) in [5.74, 6) is -0.226. The van der Waals surface area contributed by atoms with Gasteiger partial charge in [0.25, 0.3) is 0 Å².